The number of unbranched alkanes of at least 4 members (excludes halogenated alkanes) is 8. The fourth-order valence-electron chi connectivity index (χ4n) is 8.77. The Bertz CT molecular complexity index is 1700. The summed E-state index contributed by atoms with van der Waals surface area (Å²) in [6, 6.07) is 12.1. The quantitative estimate of drug-likeness (QED) is 0.0683. The zero-order valence-electron chi connectivity index (χ0n) is 59.9. The second-order valence-electron chi connectivity index (χ2n) is 21.9. The van der Waals surface area contributed by atoms with E-state index in [2.05, 4.69) is 66.0 Å². The monoisotopic (exact) mass is 1640 g/mol. The molecule has 0 saturated heterocycles. The fraction of sp³-hybridized carbons (Fsp3) is 0.750. The van der Waals surface area contributed by atoms with Gasteiger partial charge in [0.1, 0.15) is 0 Å². The molecule has 2 rings (SSSR count). The Morgan fingerprint density at radius 2 is 0.485 bits per heavy atom. The molecule has 0 aliphatic carbocycles. The molecule has 2 aromatic carbocycles. The van der Waals surface area contributed by atoms with Crippen LogP contribution in [0, 0.1) is 10.8 Å². The summed E-state index contributed by atoms with van der Waals surface area (Å²) in [5.41, 5.74) is -2.95. The number of nitrogens with one attached hydrogen (secondary N) is 2. The standard InChI is InChI=1S/2C16H20NO6.2C16H36N.13O.6V/c2*1-2-7-17-14(21)12-5-3-4-6-13(12)15(22)23-11-16(8-18,9-19)10-20;2*1-5-9-13-17(14-10-6-2,15-11-7-3)16-12-8-4;;;;;;;;;;;;;;;;;;;/h2*3-6H,2,7-11H2,1H3,(H,17,21);2*5-16H2,1-4H3;;;;;;;;;;;;;;;;;;;/q2*-3;2*+1;13*-2;;;;;;. The van der Waals surface area contributed by atoms with Crippen LogP contribution in [0.1, 0.15) is 226 Å². The third kappa shape index (κ3) is 66.2. The largest absolute Gasteiger partial charge is 2.00 e. The predicted octanol–water partition coefficient (Wildman–Crippen LogP) is 4.55. The summed E-state index contributed by atoms with van der Waals surface area (Å²) in [5, 5.41) is 71.3. The van der Waals surface area contributed by atoms with Crippen molar-refractivity contribution in [1.82, 2.24) is 10.6 Å². The Balaban J connectivity index is -0.0000000409. The molecule has 0 atom stereocenters. The van der Waals surface area contributed by atoms with Crippen molar-refractivity contribution in [3.05, 3.63) is 70.8 Å². The first-order chi connectivity index (χ1) is 38.5. The summed E-state index contributed by atoms with van der Waals surface area (Å²) in [5.74, 6) is -2.51. The minimum Gasteiger partial charge on any atom is -2.00 e. The molecule has 0 bridgehead atoms. The van der Waals surface area contributed by atoms with Crippen molar-refractivity contribution in [2.45, 2.75) is 185 Å². The molecule has 2 aromatic rings. The van der Waals surface area contributed by atoms with E-state index in [-0.39, 0.29) is 205 Å². The molecule has 35 heteroatoms. The molecule has 0 aliphatic heterocycles. The average Bonchev–Trinajstić information content (AvgIpc) is 3.50. The van der Waals surface area contributed by atoms with Gasteiger partial charge in [0.25, 0.3) is 11.8 Å². The molecule has 0 heterocycles. The molecule has 0 aliphatic rings. The number of carbonyl (C=O) groups is 4. The number of esters is 2. The molecule has 598 valence electrons. The van der Waals surface area contributed by atoms with Crippen molar-refractivity contribution in [3.63, 3.8) is 0 Å². The molecule has 0 aromatic heterocycles. The summed E-state index contributed by atoms with van der Waals surface area (Å²) < 4.78 is 12.7. The molecule has 99 heavy (non-hydrogen) atoms. The second kappa shape index (κ2) is 99.0. The normalized spacial score (nSPS) is 9.29. The van der Waals surface area contributed by atoms with Crippen molar-refractivity contribution >= 4 is 23.8 Å². The number of nitrogens with zero attached hydrogens (tertiary/aromatic N) is 2. The maximum absolute atomic E-state index is 12.1. The van der Waals surface area contributed by atoms with Crippen molar-refractivity contribution in [1.29, 1.82) is 0 Å². The van der Waals surface area contributed by atoms with E-state index >= 15 is 0 Å². The Kier molecular flexibility index (Phi) is 156. The molecule has 29 nitrogen and oxygen atoms in total. The van der Waals surface area contributed by atoms with Gasteiger partial charge in [0, 0.05) is 124 Å². The maximum Gasteiger partial charge on any atom is 0.338 e. The molecule has 2 N–H and O–H groups in total. The first-order valence-corrected chi connectivity index (χ1v) is 30.8. The molecule has 0 fully saturated rings. The maximum atomic E-state index is 12.1. The van der Waals surface area contributed by atoms with Crippen LogP contribution in [0.4, 0.5) is 0 Å². The number of amides is 2. The summed E-state index contributed by atoms with van der Waals surface area (Å²) in [6.45, 7) is 28.2. The minimum atomic E-state index is -1.64. The van der Waals surface area contributed by atoms with Crippen LogP contribution in [0.25, 0.3) is 0 Å². The van der Waals surface area contributed by atoms with Gasteiger partial charge in [-0.1, -0.05) is 145 Å². The summed E-state index contributed by atoms with van der Waals surface area (Å²) in [6.07, 6.45) is 23.6. The first kappa shape index (κ1) is 156. The van der Waals surface area contributed by atoms with Gasteiger partial charge in [-0.3, -0.25) is 9.59 Å². The van der Waals surface area contributed by atoms with Gasteiger partial charge in [0.15, 0.2) is 0 Å². The number of hydrogen-bond donors (Lipinski definition) is 2. The zero-order chi connectivity index (χ0) is 60.6. The summed E-state index contributed by atoms with van der Waals surface area (Å²) in [4.78, 5) is 48.3. The van der Waals surface area contributed by atoms with E-state index in [0.29, 0.717) is 13.1 Å². The van der Waals surface area contributed by atoms with E-state index in [1.165, 1.54) is 188 Å². The molecule has 0 unspecified atom stereocenters. The van der Waals surface area contributed by atoms with E-state index in [4.69, 9.17) is 9.47 Å². The van der Waals surface area contributed by atoms with Gasteiger partial charge in [0.05, 0.1) is 87.8 Å². The summed E-state index contributed by atoms with van der Waals surface area (Å²) >= 11 is 0. The van der Waals surface area contributed by atoms with Crippen molar-refractivity contribution in [2.75, 3.05) is 118 Å². The topological polar surface area (TPSA) is 620 Å². The van der Waals surface area contributed by atoms with Crippen LogP contribution in [0.2, 0.25) is 0 Å². The van der Waals surface area contributed by atoms with Crippen LogP contribution in [0.3, 0.4) is 0 Å². The van der Waals surface area contributed by atoms with Gasteiger partial charge in [-0.15, -0.1) is 39.6 Å². The van der Waals surface area contributed by atoms with Crippen molar-refractivity contribution in [2.24, 2.45) is 10.8 Å². The van der Waals surface area contributed by atoms with Crippen molar-refractivity contribution < 1.29 is 251 Å². The number of hydrogen-bond acceptors (Lipinski definition) is 12. The second-order valence-corrected chi connectivity index (χ2v) is 21.9. The number of carbonyl (C=O) groups excluding carboxylic acids is 4. The first-order valence-electron chi connectivity index (χ1n) is 30.8. The van der Waals surface area contributed by atoms with Crippen LogP contribution in [0.15, 0.2) is 48.5 Å². The van der Waals surface area contributed by atoms with Gasteiger partial charge >= 0.3 is 11.9 Å². The number of rotatable bonds is 42. The molecule has 6 radical (unpaired) electrons. The van der Waals surface area contributed by atoms with Crippen LogP contribution < -0.4 is 41.3 Å². The van der Waals surface area contributed by atoms with Gasteiger partial charge in [0.2, 0.25) is 0 Å². The molecule has 2 amide bonds. The van der Waals surface area contributed by atoms with Crippen LogP contribution in [-0.2, 0) is 192 Å². The fourth-order valence-corrected chi connectivity index (χ4v) is 8.77. The van der Waals surface area contributed by atoms with Crippen LogP contribution >= 0.6 is 0 Å². The third-order valence-corrected chi connectivity index (χ3v) is 14.6. The Hall–Kier alpha value is -1.01. The smallest absolute Gasteiger partial charge is 0.338 e. The summed E-state index contributed by atoms with van der Waals surface area (Å²) in [7, 11) is 0. The minimum absolute atomic E-state index is 0. The number of quaternary nitrogens is 2. The number of ether oxygens (including phenoxy) is 2. The predicted molar refractivity (Wildman–Crippen MR) is 320 cm³/mol. The van der Waals surface area contributed by atoms with Gasteiger partial charge in [-0.2, -0.15) is 0 Å². The van der Waals surface area contributed by atoms with Crippen LogP contribution in [-0.4, -0.2) is 151 Å². The Labute approximate surface area is 664 Å². The van der Waals surface area contributed by atoms with Gasteiger partial charge in [-0.05, 0) is 99.3 Å². The SMILES string of the molecule is CCCC[N+](CCCC)(CCCC)CCCC.CCCC[N+](CCCC)(CCCC)CCCC.CCCNC(=O)c1ccccc1C(=O)OCC(C[O-])(C[O-])C[O-].CCCNC(=O)c1ccccc1C(=O)OCC(C[O-])(C[O-])C[O-].[O-2].[O-2].[O-2].[O-2].[O-2].[O-2].[O-2].[O-2].[O-2].[O-2].[O-2].[O-2].[O-2].[V].[V].[V].[V].[V].[V]. The van der Waals surface area contributed by atoms with Crippen molar-refractivity contribution in [3.8, 4) is 0 Å². The van der Waals surface area contributed by atoms with E-state index < -0.39 is 87.4 Å². The average molecular weight is 1640 g/mol. The molecule has 0 spiro atoms. The van der Waals surface area contributed by atoms with E-state index in [0.717, 1.165) is 12.8 Å². The molecular formula is C64H112N4O25V6-30. The Morgan fingerprint density at radius 3 is 0.636 bits per heavy atom. The van der Waals surface area contributed by atoms with E-state index in [1.54, 1.807) is 24.3 Å². The molecular weight excluding hydrogens is 1530 g/mol. The Morgan fingerprint density at radius 1 is 0.313 bits per heavy atom. The van der Waals surface area contributed by atoms with Gasteiger partial charge in [-0.25, -0.2) is 9.59 Å². The van der Waals surface area contributed by atoms with Gasteiger partial charge < -0.3 is 131 Å². The molecule has 0 saturated carbocycles. The third-order valence-electron chi connectivity index (χ3n) is 14.6. The van der Waals surface area contributed by atoms with E-state index in [1.807, 2.05) is 13.8 Å². The van der Waals surface area contributed by atoms with Crippen LogP contribution in [0.5, 0.6) is 0 Å². The van der Waals surface area contributed by atoms with E-state index in [9.17, 15) is 49.8 Å². The number of benzene rings is 2. The zero-order valence-corrected chi connectivity index (χ0v) is 68.2.